The number of amides is 3. The fraction of sp³-hybridized carbons (Fsp3) is 0.278. The van der Waals surface area contributed by atoms with Crippen LogP contribution in [0.3, 0.4) is 0 Å². The average Bonchev–Trinajstić information content (AvgIpc) is 3.09. The third-order valence-electron chi connectivity index (χ3n) is 4.40. The van der Waals surface area contributed by atoms with Gasteiger partial charge in [0.2, 0.25) is 5.76 Å². The molecule has 1 N–H and O–H groups in total. The Morgan fingerprint density at radius 2 is 2.00 bits per heavy atom. The molecule has 0 saturated carbocycles. The van der Waals surface area contributed by atoms with Gasteiger partial charge >= 0.3 is 12.0 Å². The minimum atomic E-state index is -1.77. The highest BCUT2D eigenvalue weighted by Crippen LogP contribution is 2.32. The highest BCUT2D eigenvalue weighted by atomic mass is 19.1. The zero-order valence-electron chi connectivity index (χ0n) is 14.8. The van der Waals surface area contributed by atoms with Crippen LogP contribution in [0.25, 0.3) is 0 Å². The summed E-state index contributed by atoms with van der Waals surface area (Å²) in [5.41, 5.74) is -1.58. The quantitative estimate of drug-likeness (QED) is 0.653. The molecular weight excluding hydrogens is 362 g/mol. The number of furan rings is 1. The Labute approximate surface area is 152 Å². The van der Waals surface area contributed by atoms with Gasteiger partial charge in [0.05, 0.1) is 13.7 Å². The van der Waals surface area contributed by atoms with Crippen molar-refractivity contribution in [2.75, 3.05) is 7.11 Å². The number of methoxy groups -OCH3 is 1. The molecule has 2 aromatic rings. The molecule has 3 rings (SSSR count). The minimum absolute atomic E-state index is 0.0431. The van der Waals surface area contributed by atoms with Crippen molar-refractivity contribution in [1.82, 2.24) is 10.2 Å². The van der Waals surface area contributed by atoms with Crippen LogP contribution in [0.4, 0.5) is 13.6 Å². The van der Waals surface area contributed by atoms with Gasteiger partial charge in [-0.05, 0) is 38.1 Å². The number of nitrogens with one attached hydrogen (secondary N) is 1. The van der Waals surface area contributed by atoms with Crippen molar-refractivity contribution < 1.29 is 32.3 Å². The molecule has 1 atom stereocenters. The van der Waals surface area contributed by atoms with Crippen LogP contribution < -0.4 is 5.32 Å². The second kappa shape index (κ2) is 6.49. The van der Waals surface area contributed by atoms with E-state index in [1.807, 2.05) is 0 Å². The van der Waals surface area contributed by atoms with Gasteiger partial charge in [0.1, 0.15) is 22.9 Å². The van der Waals surface area contributed by atoms with Crippen molar-refractivity contribution in [2.45, 2.75) is 25.9 Å². The van der Waals surface area contributed by atoms with Crippen LogP contribution in [0.1, 0.15) is 34.4 Å². The number of esters is 1. The zero-order chi connectivity index (χ0) is 19.9. The molecule has 1 aromatic carbocycles. The lowest BCUT2D eigenvalue weighted by atomic mass is 9.91. The van der Waals surface area contributed by atoms with Crippen molar-refractivity contribution in [3.05, 3.63) is 58.5 Å². The average molecular weight is 378 g/mol. The molecule has 1 aliphatic rings. The molecule has 27 heavy (non-hydrogen) atoms. The fourth-order valence-electron chi connectivity index (χ4n) is 2.98. The van der Waals surface area contributed by atoms with Gasteiger partial charge in [-0.1, -0.05) is 0 Å². The molecular formula is C18H16F2N2O5. The molecule has 1 aliphatic heterocycles. The first-order chi connectivity index (χ1) is 12.7. The highest BCUT2D eigenvalue weighted by Gasteiger charge is 2.50. The van der Waals surface area contributed by atoms with E-state index in [0.29, 0.717) is 5.56 Å². The maximum Gasteiger partial charge on any atom is 0.374 e. The number of ether oxygens (including phenoxy) is 1. The molecule has 1 fully saturated rings. The van der Waals surface area contributed by atoms with Gasteiger partial charge in [-0.15, -0.1) is 0 Å². The van der Waals surface area contributed by atoms with Gasteiger partial charge < -0.3 is 14.5 Å². The number of halogens is 2. The Hall–Kier alpha value is -3.23. The molecule has 0 unspecified atom stereocenters. The van der Waals surface area contributed by atoms with E-state index in [9.17, 15) is 23.2 Å². The van der Waals surface area contributed by atoms with Crippen LogP contribution in [-0.4, -0.2) is 29.9 Å². The Kier molecular flexibility index (Phi) is 4.46. The monoisotopic (exact) mass is 378 g/mol. The molecule has 1 aromatic heterocycles. The van der Waals surface area contributed by atoms with E-state index in [-0.39, 0.29) is 23.6 Å². The summed E-state index contributed by atoms with van der Waals surface area (Å²) in [5.74, 6) is -2.90. The van der Waals surface area contributed by atoms with Gasteiger partial charge in [0.15, 0.2) is 0 Å². The number of carbonyl (C=O) groups excluding carboxylic acids is 3. The van der Waals surface area contributed by atoms with E-state index in [0.717, 1.165) is 23.1 Å². The normalized spacial score (nSPS) is 19.4. The summed E-state index contributed by atoms with van der Waals surface area (Å²) in [7, 11) is 1.19. The first-order valence-electron chi connectivity index (χ1n) is 7.94. The molecule has 142 valence electrons. The zero-order valence-corrected chi connectivity index (χ0v) is 14.8. The standard InChI is InChI=1S/C18H16F2N2O5/c1-9-6-11(27-14(9)15(23)26-3)8-22-16(24)18(2,21-17(22)25)12-7-10(19)4-5-13(12)20/h4-7H,8H2,1-3H3,(H,21,25)/t18-/m1/s1. The van der Waals surface area contributed by atoms with E-state index in [1.54, 1.807) is 6.92 Å². The van der Waals surface area contributed by atoms with Crippen LogP contribution in [-0.2, 0) is 21.6 Å². The summed E-state index contributed by atoms with van der Waals surface area (Å²) in [6, 6.07) is 3.37. The number of urea groups is 1. The maximum atomic E-state index is 14.1. The van der Waals surface area contributed by atoms with Crippen molar-refractivity contribution in [3.8, 4) is 0 Å². The summed E-state index contributed by atoms with van der Waals surface area (Å²) >= 11 is 0. The number of nitrogens with zero attached hydrogens (tertiary/aromatic N) is 1. The molecule has 0 bridgehead atoms. The lowest BCUT2D eigenvalue weighted by Gasteiger charge is -2.22. The summed E-state index contributed by atoms with van der Waals surface area (Å²) in [4.78, 5) is 37.5. The topological polar surface area (TPSA) is 88.8 Å². The molecule has 7 nitrogen and oxygen atoms in total. The highest BCUT2D eigenvalue weighted by molar-refractivity contribution is 6.07. The van der Waals surface area contributed by atoms with Crippen LogP contribution >= 0.6 is 0 Å². The number of hydrogen-bond acceptors (Lipinski definition) is 5. The third-order valence-corrected chi connectivity index (χ3v) is 4.40. The Morgan fingerprint density at radius 1 is 1.30 bits per heavy atom. The van der Waals surface area contributed by atoms with Gasteiger partial charge in [-0.3, -0.25) is 9.69 Å². The number of aryl methyl sites for hydroxylation is 1. The smallest absolute Gasteiger partial charge is 0.374 e. The minimum Gasteiger partial charge on any atom is -0.463 e. The van der Waals surface area contributed by atoms with Crippen molar-refractivity contribution in [1.29, 1.82) is 0 Å². The molecule has 2 heterocycles. The van der Waals surface area contributed by atoms with Gasteiger partial charge in [-0.2, -0.15) is 0 Å². The van der Waals surface area contributed by atoms with E-state index >= 15 is 0 Å². The number of benzene rings is 1. The number of hydrogen-bond donors (Lipinski definition) is 1. The van der Waals surface area contributed by atoms with Crippen molar-refractivity contribution in [3.63, 3.8) is 0 Å². The van der Waals surface area contributed by atoms with E-state index in [2.05, 4.69) is 10.1 Å². The maximum absolute atomic E-state index is 14.1. The molecule has 0 aliphatic carbocycles. The van der Waals surface area contributed by atoms with Crippen LogP contribution in [0.5, 0.6) is 0 Å². The van der Waals surface area contributed by atoms with Gasteiger partial charge in [0.25, 0.3) is 5.91 Å². The Morgan fingerprint density at radius 3 is 2.67 bits per heavy atom. The van der Waals surface area contributed by atoms with E-state index in [1.165, 1.54) is 20.1 Å². The predicted octanol–water partition coefficient (Wildman–Crippen LogP) is 2.62. The first kappa shape index (κ1) is 18.6. The van der Waals surface area contributed by atoms with Crippen LogP contribution in [0.15, 0.2) is 28.7 Å². The first-order valence-corrected chi connectivity index (χ1v) is 7.94. The van der Waals surface area contributed by atoms with Crippen LogP contribution in [0.2, 0.25) is 0 Å². The second-order valence-corrected chi connectivity index (χ2v) is 6.29. The Bertz CT molecular complexity index is 955. The fourth-order valence-corrected chi connectivity index (χ4v) is 2.98. The molecule has 3 amide bonds. The van der Waals surface area contributed by atoms with E-state index < -0.39 is 35.1 Å². The molecule has 1 saturated heterocycles. The lowest BCUT2D eigenvalue weighted by Crippen LogP contribution is -2.41. The largest absolute Gasteiger partial charge is 0.463 e. The number of imide groups is 1. The van der Waals surface area contributed by atoms with Crippen LogP contribution in [0, 0.1) is 18.6 Å². The van der Waals surface area contributed by atoms with Gasteiger partial charge in [0, 0.05) is 11.1 Å². The Balaban J connectivity index is 1.91. The summed E-state index contributed by atoms with van der Waals surface area (Å²) in [6.45, 7) is 2.62. The summed E-state index contributed by atoms with van der Waals surface area (Å²) < 4.78 is 37.6. The van der Waals surface area contributed by atoms with Crippen molar-refractivity contribution >= 4 is 17.9 Å². The number of carbonyl (C=O) groups is 3. The SMILES string of the molecule is COC(=O)c1oc(CN2C(=O)N[C@](C)(c3cc(F)ccc3F)C2=O)cc1C. The second-order valence-electron chi connectivity index (χ2n) is 6.29. The third kappa shape index (κ3) is 3.05. The summed E-state index contributed by atoms with van der Waals surface area (Å²) in [5, 5.41) is 2.39. The number of rotatable bonds is 4. The molecule has 0 spiro atoms. The lowest BCUT2D eigenvalue weighted by molar-refractivity contribution is -0.131. The van der Waals surface area contributed by atoms with E-state index in [4.69, 9.17) is 4.42 Å². The molecule has 0 radical (unpaired) electrons. The van der Waals surface area contributed by atoms with Gasteiger partial charge in [-0.25, -0.2) is 18.4 Å². The summed E-state index contributed by atoms with van der Waals surface area (Å²) in [6.07, 6.45) is 0. The molecule has 9 heteroatoms. The van der Waals surface area contributed by atoms with Crippen molar-refractivity contribution in [2.24, 2.45) is 0 Å². The predicted molar refractivity (Wildman–Crippen MR) is 87.6 cm³/mol.